The van der Waals surface area contributed by atoms with Gasteiger partial charge < -0.3 is 9.63 Å². The number of carbonyl (C=O) groups is 1. The summed E-state index contributed by atoms with van der Waals surface area (Å²) in [5.41, 5.74) is 0.903. The summed E-state index contributed by atoms with van der Waals surface area (Å²) in [7, 11) is 0. The monoisotopic (exact) mass is 307 g/mol. The number of likely N-dealkylation sites (tertiary alicyclic amines) is 1. The van der Waals surface area contributed by atoms with Gasteiger partial charge in [-0.15, -0.1) is 0 Å². The first-order valence-corrected chi connectivity index (χ1v) is 7.91. The molecular formula is C14H17N3O3S. The molecule has 2 unspecified atom stereocenters. The third kappa shape index (κ3) is 2.98. The second-order valence-electron chi connectivity index (χ2n) is 5.40. The number of carboxylic acid groups (broad SMARTS) is 1. The minimum atomic E-state index is -0.774. The maximum atomic E-state index is 11.5. The normalized spacial score (nSPS) is 23.3. The van der Waals surface area contributed by atoms with E-state index in [2.05, 4.69) is 10.1 Å². The lowest BCUT2D eigenvalue weighted by Crippen LogP contribution is -2.48. The van der Waals surface area contributed by atoms with E-state index in [0.717, 1.165) is 24.9 Å². The largest absolute Gasteiger partial charge is 0.480 e. The minimum absolute atomic E-state index is 0.138. The Hall–Kier alpha value is -1.73. The minimum Gasteiger partial charge on any atom is -0.480 e. The van der Waals surface area contributed by atoms with E-state index in [1.807, 2.05) is 28.7 Å². The van der Waals surface area contributed by atoms with E-state index in [1.54, 1.807) is 11.3 Å². The van der Waals surface area contributed by atoms with E-state index in [9.17, 15) is 9.90 Å². The number of rotatable bonds is 4. The number of aromatic nitrogens is 2. The molecule has 1 saturated heterocycles. The predicted octanol–water partition coefficient (Wildman–Crippen LogP) is 2.48. The van der Waals surface area contributed by atoms with Crippen LogP contribution in [-0.2, 0) is 11.3 Å². The van der Waals surface area contributed by atoms with Gasteiger partial charge in [0.2, 0.25) is 0 Å². The highest BCUT2D eigenvalue weighted by Crippen LogP contribution is 2.25. The number of nitrogens with zero attached hydrogens (tertiary/aromatic N) is 3. The zero-order chi connectivity index (χ0) is 14.8. The molecule has 1 N–H and O–H groups in total. The number of carboxylic acids is 1. The van der Waals surface area contributed by atoms with Gasteiger partial charge in [0.15, 0.2) is 5.82 Å². The van der Waals surface area contributed by atoms with Crippen LogP contribution in [0.3, 0.4) is 0 Å². The van der Waals surface area contributed by atoms with Crippen LogP contribution >= 0.6 is 11.3 Å². The van der Waals surface area contributed by atoms with Gasteiger partial charge in [-0.05, 0) is 36.8 Å². The first-order valence-electron chi connectivity index (χ1n) is 6.97. The lowest BCUT2D eigenvalue weighted by Gasteiger charge is -2.36. The number of thiophene rings is 1. The Morgan fingerprint density at radius 1 is 1.62 bits per heavy atom. The molecule has 3 heterocycles. The SMILES string of the molecule is CC1CCCN(Cc2noc(-c3ccsc3)n2)C1C(=O)O. The highest BCUT2D eigenvalue weighted by Gasteiger charge is 2.34. The third-order valence-electron chi connectivity index (χ3n) is 3.87. The number of piperidine rings is 1. The molecule has 2 aromatic heterocycles. The van der Waals surface area contributed by atoms with Gasteiger partial charge in [-0.3, -0.25) is 9.69 Å². The fraction of sp³-hybridized carbons (Fsp3) is 0.500. The van der Waals surface area contributed by atoms with Gasteiger partial charge in [0.1, 0.15) is 6.04 Å². The molecule has 1 aliphatic rings. The van der Waals surface area contributed by atoms with Gasteiger partial charge in [0, 0.05) is 5.38 Å². The van der Waals surface area contributed by atoms with Crippen LogP contribution in [0.4, 0.5) is 0 Å². The van der Waals surface area contributed by atoms with Crippen LogP contribution in [0.25, 0.3) is 11.5 Å². The van der Waals surface area contributed by atoms with Crippen molar-refractivity contribution in [3.63, 3.8) is 0 Å². The van der Waals surface area contributed by atoms with E-state index in [-0.39, 0.29) is 5.92 Å². The Kier molecular flexibility index (Phi) is 4.03. The van der Waals surface area contributed by atoms with Gasteiger partial charge in [-0.25, -0.2) is 0 Å². The van der Waals surface area contributed by atoms with Gasteiger partial charge in [-0.2, -0.15) is 16.3 Å². The van der Waals surface area contributed by atoms with Crippen LogP contribution in [0.5, 0.6) is 0 Å². The Labute approximate surface area is 126 Å². The highest BCUT2D eigenvalue weighted by molar-refractivity contribution is 7.08. The van der Waals surface area contributed by atoms with Crippen LogP contribution in [0.1, 0.15) is 25.6 Å². The van der Waals surface area contributed by atoms with Crippen molar-refractivity contribution in [1.29, 1.82) is 0 Å². The van der Waals surface area contributed by atoms with Gasteiger partial charge in [0.25, 0.3) is 5.89 Å². The molecule has 2 atom stereocenters. The molecule has 0 radical (unpaired) electrons. The maximum absolute atomic E-state index is 11.5. The highest BCUT2D eigenvalue weighted by atomic mass is 32.1. The Bertz CT molecular complexity index is 611. The van der Waals surface area contributed by atoms with Crippen LogP contribution in [0.2, 0.25) is 0 Å². The zero-order valence-corrected chi connectivity index (χ0v) is 12.5. The topological polar surface area (TPSA) is 79.5 Å². The van der Waals surface area contributed by atoms with Crippen LogP contribution in [0, 0.1) is 5.92 Å². The second kappa shape index (κ2) is 5.95. The molecule has 1 fully saturated rings. The van der Waals surface area contributed by atoms with Crippen molar-refractivity contribution in [2.45, 2.75) is 32.4 Å². The van der Waals surface area contributed by atoms with Crippen molar-refractivity contribution in [1.82, 2.24) is 15.0 Å². The van der Waals surface area contributed by atoms with Gasteiger partial charge in [-0.1, -0.05) is 12.1 Å². The summed E-state index contributed by atoms with van der Waals surface area (Å²) >= 11 is 1.57. The van der Waals surface area contributed by atoms with Crippen molar-refractivity contribution in [3.05, 3.63) is 22.7 Å². The Balaban J connectivity index is 1.75. The molecule has 0 aromatic carbocycles. The quantitative estimate of drug-likeness (QED) is 0.935. The summed E-state index contributed by atoms with van der Waals surface area (Å²) in [5, 5.41) is 17.3. The van der Waals surface area contributed by atoms with Crippen molar-refractivity contribution < 1.29 is 14.4 Å². The Morgan fingerprint density at radius 2 is 2.48 bits per heavy atom. The molecule has 7 heteroatoms. The lowest BCUT2D eigenvalue weighted by molar-refractivity contribution is -0.147. The summed E-state index contributed by atoms with van der Waals surface area (Å²) in [6.07, 6.45) is 1.94. The van der Waals surface area contributed by atoms with Crippen LogP contribution < -0.4 is 0 Å². The van der Waals surface area contributed by atoms with Crippen LogP contribution in [-0.4, -0.2) is 38.7 Å². The molecule has 0 aliphatic carbocycles. The van der Waals surface area contributed by atoms with E-state index < -0.39 is 12.0 Å². The molecule has 112 valence electrons. The molecule has 0 saturated carbocycles. The Morgan fingerprint density at radius 3 is 3.19 bits per heavy atom. The van der Waals surface area contributed by atoms with Crippen molar-refractivity contribution in [2.75, 3.05) is 6.54 Å². The predicted molar refractivity (Wildman–Crippen MR) is 77.8 cm³/mol. The summed E-state index contributed by atoms with van der Waals surface area (Å²) in [6, 6.07) is 1.45. The molecule has 6 nitrogen and oxygen atoms in total. The summed E-state index contributed by atoms with van der Waals surface area (Å²) in [6.45, 7) is 3.15. The third-order valence-corrected chi connectivity index (χ3v) is 4.55. The van der Waals surface area contributed by atoms with E-state index in [1.165, 1.54) is 0 Å². The van der Waals surface area contributed by atoms with Gasteiger partial charge >= 0.3 is 5.97 Å². The molecule has 0 amide bonds. The van der Waals surface area contributed by atoms with E-state index in [4.69, 9.17) is 4.52 Å². The molecular weight excluding hydrogens is 290 g/mol. The summed E-state index contributed by atoms with van der Waals surface area (Å²) < 4.78 is 5.24. The lowest BCUT2D eigenvalue weighted by atomic mass is 9.91. The second-order valence-corrected chi connectivity index (χ2v) is 6.18. The molecule has 0 spiro atoms. The molecule has 2 aromatic rings. The average molecular weight is 307 g/mol. The molecule has 0 bridgehead atoms. The number of hydrogen-bond acceptors (Lipinski definition) is 6. The smallest absolute Gasteiger partial charge is 0.321 e. The van der Waals surface area contributed by atoms with E-state index >= 15 is 0 Å². The fourth-order valence-electron chi connectivity index (χ4n) is 2.85. The van der Waals surface area contributed by atoms with Crippen molar-refractivity contribution in [3.8, 4) is 11.5 Å². The number of hydrogen-bond donors (Lipinski definition) is 1. The standard InChI is InChI=1S/C14H17N3O3S/c1-9-3-2-5-17(12(9)14(18)19)7-11-15-13(20-16-11)10-4-6-21-8-10/h4,6,8-9,12H,2-3,5,7H2,1H3,(H,18,19). The molecule has 1 aliphatic heterocycles. The first kappa shape index (κ1) is 14.2. The molecule has 21 heavy (non-hydrogen) atoms. The fourth-order valence-corrected chi connectivity index (χ4v) is 3.48. The van der Waals surface area contributed by atoms with E-state index in [0.29, 0.717) is 18.3 Å². The molecule has 3 rings (SSSR count). The maximum Gasteiger partial charge on any atom is 0.321 e. The van der Waals surface area contributed by atoms with Crippen LogP contribution in [0.15, 0.2) is 21.3 Å². The van der Waals surface area contributed by atoms with Crippen molar-refractivity contribution >= 4 is 17.3 Å². The first-order chi connectivity index (χ1) is 10.1. The summed E-state index contributed by atoms with van der Waals surface area (Å²) in [4.78, 5) is 17.7. The average Bonchev–Trinajstić information content (AvgIpc) is 3.08. The van der Waals surface area contributed by atoms with Crippen molar-refractivity contribution in [2.24, 2.45) is 5.92 Å². The van der Waals surface area contributed by atoms with Gasteiger partial charge in [0.05, 0.1) is 12.1 Å². The number of aliphatic carboxylic acids is 1. The summed E-state index contributed by atoms with van der Waals surface area (Å²) in [5.74, 6) is 0.392. The zero-order valence-electron chi connectivity index (χ0n) is 11.7.